The van der Waals surface area contributed by atoms with Crippen molar-refractivity contribution in [2.24, 2.45) is 0 Å². The second-order valence-electron chi connectivity index (χ2n) is 3.33. The number of ether oxygens (including phenoxy) is 1. The summed E-state index contributed by atoms with van der Waals surface area (Å²) in [5.74, 6) is 6.15. The Labute approximate surface area is 95.1 Å². The van der Waals surface area contributed by atoms with Crippen LogP contribution in [0.4, 0.5) is 4.39 Å². The molecule has 0 saturated carbocycles. The average molecular weight is 222 g/mol. The maximum atomic E-state index is 11.9. The first-order valence-corrected chi connectivity index (χ1v) is 5.17. The van der Waals surface area contributed by atoms with Gasteiger partial charge in [-0.2, -0.15) is 0 Å². The summed E-state index contributed by atoms with van der Waals surface area (Å²) < 4.78 is 17.3. The normalized spacial score (nSPS) is 9.44. The van der Waals surface area contributed by atoms with Crippen LogP contribution in [0.2, 0.25) is 0 Å². The van der Waals surface area contributed by atoms with Gasteiger partial charge in [-0.15, -0.1) is 0 Å². The minimum Gasteiger partial charge on any atom is -0.493 e. The highest BCUT2D eigenvalue weighted by Gasteiger charge is 1.99. The minimum absolute atomic E-state index is 0.145. The van der Waals surface area contributed by atoms with Gasteiger partial charge in [-0.05, 0) is 30.7 Å². The van der Waals surface area contributed by atoms with Gasteiger partial charge in [0.25, 0.3) is 0 Å². The molecule has 0 heterocycles. The van der Waals surface area contributed by atoms with Gasteiger partial charge in [-0.25, -0.2) is 0 Å². The molecule has 0 amide bonds. The van der Waals surface area contributed by atoms with Crippen LogP contribution < -0.4 is 4.74 Å². The number of aliphatic hydroxyl groups excluding tert-OH is 1. The van der Waals surface area contributed by atoms with E-state index in [1.807, 2.05) is 25.1 Å². The first-order chi connectivity index (χ1) is 7.77. The Morgan fingerprint density at radius 2 is 2.25 bits per heavy atom. The Bertz CT molecular complexity index is 391. The molecule has 3 heteroatoms. The monoisotopic (exact) mass is 222 g/mol. The highest BCUT2D eigenvalue weighted by Crippen LogP contribution is 2.18. The fourth-order valence-corrected chi connectivity index (χ4v) is 1.27. The highest BCUT2D eigenvalue weighted by atomic mass is 19.1. The molecular weight excluding hydrogens is 207 g/mol. The van der Waals surface area contributed by atoms with Crippen LogP contribution in [0.25, 0.3) is 0 Å². The van der Waals surface area contributed by atoms with Crippen molar-refractivity contribution in [1.29, 1.82) is 0 Å². The molecule has 0 spiro atoms. The predicted octanol–water partition coefficient (Wildman–Crippen LogP) is 2.08. The van der Waals surface area contributed by atoms with Crippen LogP contribution in [0.5, 0.6) is 5.75 Å². The van der Waals surface area contributed by atoms with Gasteiger partial charge in [0.2, 0.25) is 0 Å². The molecule has 2 nitrogen and oxygen atoms in total. The smallest absolute Gasteiger partial charge is 0.122 e. The molecule has 0 bridgehead atoms. The lowest BCUT2D eigenvalue weighted by molar-refractivity contribution is 0.288. The van der Waals surface area contributed by atoms with Crippen LogP contribution in [0.1, 0.15) is 17.5 Å². The van der Waals surface area contributed by atoms with Gasteiger partial charge in [0.05, 0.1) is 13.3 Å². The minimum atomic E-state index is -0.362. The molecule has 0 aliphatic carbocycles. The third-order valence-electron chi connectivity index (χ3n) is 2.02. The zero-order chi connectivity index (χ0) is 11.8. The third-order valence-corrected chi connectivity index (χ3v) is 2.02. The van der Waals surface area contributed by atoms with Crippen LogP contribution >= 0.6 is 0 Å². The Kier molecular flexibility index (Phi) is 5.38. The summed E-state index contributed by atoms with van der Waals surface area (Å²) in [5.41, 5.74) is 1.80. The number of aryl methyl sites for hydroxylation is 1. The van der Waals surface area contributed by atoms with Crippen molar-refractivity contribution in [3.63, 3.8) is 0 Å². The van der Waals surface area contributed by atoms with E-state index in [-0.39, 0.29) is 13.3 Å². The topological polar surface area (TPSA) is 29.5 Å². The van der Waals surface area contributed by atoms with Crippen molar-refractivity contribution in [2.45, 2.75) is 13.3 Å². The summed E-state index contributed by atoms with van der Waals surface area (Å²) in [4.78, 5) is 0. The van der Waals surface area contributed by atoms with E-state index in [1.54, 1.807) is 0 Å². The number of rotatable bonds is 4. The van der Waals surface area contributed by atoms with E-state index in [9.17, 15) is 4.39 Å². The number of halogens is 1. The van der Waals surface area contributed by atoms with Crippen molar-refractivity contribution >= 4 is 0 Å². The molecule has 0 unspecified atom stereocenters. The van der Waals surface area contributed by atoms with Crippen molar-refractivity contribution in [1.82, 2.24) is 0 Å². The largest absolute Gasteiger partial charge is 0.493 e. The van der Waals surface area contributed by atoms with E-state index < -0.39 is 0 Å². The Morgan fingerprint density at radius 3 is 2.88 bits per heavy atom. The molecule has 16 heavy (non-hydrogen) atoms. The van der Waals surface area contributed by atoms with Gasteiger partial charge in [0.15, 0.2) is 0 Å². The average Bonchev–Trinajstić information content (AvgIpc) is 2.29. The van der Waals surface area contributed by atoms with Gasteiger partial charge >= 0.3 is 0 Å². The lowest BCUT2D eigenvalue weighted by Gasteiger charge is -2.08. The van der Waals surface area contributed by atoms with E-state index in [1.165, 1.54) is 0 Å². The predicted molar refractivity (Wildman–Crippen MR) is 61.2 cm³/mol. The quantitative estimate of drug-likeness (QED) is 0.624. The molecule has 86 valence electrons. The number of alkyl halides is 1. The van der Waals surface area contributed by atoms with Crippen LogP contribution in [-0.4, -0.2) is 25.0 Å². The maximum Gasteiger partial charge on any atom is 0.122 e. The fraction of sp³-hybridized carbons (Fsp3) is 0.385. The molecule has 1 aromatic rings. The molecule has 1 aromatic carbocycles. The SMILES string of the molecule is Cc1cc(C#CCO)ccc1OCCCF. The van der Waals surface area contributed by atoms with E-state index in [0.29, 0.717) is 13.0 Å². The van der Waals surface area contributed by atoms with Gasteiger partial charge in [-0.3, -0.25) is 4.39 Å². The number of hydrogen-bond acceptors (Lipinski definition) is 2. The summed E-state index contributed by atoms with van der Waals surface area (Å²) >= 11 is 0. The summed E-state index contributed by atoms with van der Waals surface area (Å²) in [6.45, 7) is 1.79. The molecule has 0 aromatic heterocycles. The van der Waals surface area contributed by atoms with Gasteiger partial charge in [-0.1, -0.05) is 11.8 Å². The zero-order valence-electron chi connectivity index (χ0n) is 9.29. The van der Waals surface area contributed by atoms with Crippen LogP contribution in [0.3, 0.4) is 0 Å². The van der Waals surface area contributed by atoms with E-state index in [4.69, 9.17) is 9.84 Å². The molecule has 1 N–H and O–H groups in total. The summed E-state index contributed by atoms with van der Waals surface area (Å²) in [7, 11) is 0. The molecule has 0 saturated heterocycles. The van der Waals surface area contributed by atoms with Crippen molar-refractivity contribution in [3.8, 4) is 17.6 Å². The second kappa shape index (κ2) is 6.86. The van der Waals surface area contributed by atoms with Crippen LogP contribution in [-0.2, 0) is 0 Å². The van der Waals surface area contributed by atoms with E-state index in [2.05, 4.69) is 11.8 Å². The second-order valence-corrected chi connectivity index (χ2v) is 3.33. The van der Waals surface area contributed by atoms with Gasteiger partial charge < -0.3 is 9.84 Å². The first kappa shape index (κ1) is 12.5. The zero-order valence-corrected chi connectivity index (χ0v) is 9.29. The molecule has 0 aliphatic heterocycles. The Balaban J connectivity index is 2.67. The van der Waals surface area contributed by atoms with Crippen molar-refractivity contribution in [3.05, 3.63) is 29.3 Å². The van der Waals surface area contributed by atoms with E-state index >= 15 is 0 Å². The van der Waals surface area contributed by atoms with Gasteiger partial charge in [0.1, 0.15) is 12.4 Å². The standard InChI is InChI=1S/C13H15FO2/c1-11-10-12(4-2-8-15)5-6-13(11)16-9-3-7-14/h5-6,10,15H,3,7-9H2,1H3. The number of aliphatic hydroxyl groups is 1. The third kappa shape index (κ3) is 3.92. The highest BCUT2D eigenvalue weighted by molar-refractivity contribution is 5.43. The van der Waals surface area contributed by atoms with Gasteiger partial charge in [0, 0.05) is 12.0 Å². The lowest BCUT2D eigenvalue weighted by atomic mass is 10.1. The molecule has 0 aliphatic rings. The fourth-order valence-electron chi connectivity index (χ4n) is 1.27. The first-order valence-electron chi connectivity index (χ1n) is 5.17. The van der Waals surface area contributed by atoms with Crippen LogP contribution in [0.15, 0.2) is 18.2 Å². The summed E-state index contributed by atoms with van der Waals surface area (Å²) in [5, 5.41) is 8.56. The molecule has 0 atom stereocenters. The van der Waals surface area contributed by atoms with Crippen LogP contribution in [0, 0.1) is 18.8 Å². The maximum absolute atomic E-state index is 11.9. The van der Waals surface area contributed by atoms with Crippen molar-refractivity contribution < 1.29 is 14.2 Å². The molecule has 1 rings (SSSR count). The molecular formula is C13H15FO2. The van der Waals surface area contributed by atoms with E-state index in [0.717, 1.165) is 16.9 Å². The van der Waals surface area contributed by atoms with Crippen molar-refractivity contribution in [2.75, 3.05) is 19.9 Å². The lowest BCUT2D eigenvalue weighted by Crippen LogP contribution is -1.99. The summed E-state index contributed by atoms with van der Waals surface area (Å²) in [6.07, 6.45) is 0.408. The number of benzene rings is 1. The Morgan fingerprint density at radius 1 is 1.44 bits per heavy atom. The molecule has 0 radical (unpaired) electrons. The Hall–Kier alpha value is -1.53. The number of hydrogen-bond donors (Lipinski definition) is 1. The summed E-state index contributed by atoms with van der Waals surface area (Å²) in [6, 6.07) is 5.52. The molecule has 0 fully saturated rings.